The van der Waals surface area contributed by atoms with E-state index in [4.69, 9.17) is 9.84 Å². The summed E-state index contributed by atoms with van der Waals surface area (Å²) in [5.74, 6) is -0.440. The fourth-order valence-corrected chi connectivity index (χ4v) is 1.56. The molecule has 5 nitrogen and oxygen atoms in total. The van der Waals surface area contributed by atoms with Crippen LogP contribution in [0.2, 0.25) is 0 Å². The molecule has 0 atom stereocenters. The molecule has 1 N–H and O–H groups in total. The van der Waals surface area contributed by atoms with E-state index in [1.165, 1.54) is 10.8 Å². The molecule has 0 fully saturated rings. The number of halogens is 1. The van der Waals surface area contributed by atoms with E-state index >= 15 is 0 Å². The maximum atomic E-state index is 10.8. The maximum absolute atomic E-state index is 10.8. The van der Waals surface area contributed by atoms with Gasteiger partial charge in [0.15, 0.2) is 0 Å². The van der Waals surface area contributed by atoms with Crippen molar-refractivity contribution in [3.63, 3.8) is 0 Å². The maximum Gasteiger partial charge on any atom is 0.354 e. The van der Waals surface area contributed by atoms with Gasteiger partial charge < -0.3 is 9.84 Å². The van der Waals surface area contributed by atoms with Crippen molar-refractivity contribution in [2.75, 3.05) is 0 Å². The van der Waals surface area contributed by atoms with Crippen LogP contribution in [0.4, 0.5) is 0 Å². The molecule has 6 heteroatoms. The summed E-state index contributed by atoms with van der Waals surface area (Å²) in [7, 11) is 1.59. The predicted molar refractivity (Wildman–Crippen MR) is 64.4 cm³/mol. The number of carboxylic acid groups (broad SMARTS) is 1. The van der Waals surface area contributed by atoms with E-state index in [9.17, 15) is 4.79 Å². The molecule has 1 aromatic carbocycles. The number of hydrogen-bond donors (Lipinski definition) is 1. The summed E-state index contributed by atoms with van der Waals surface area (Å²) in [6.07, 6.45) is 1.26. The molecule has 1 aromatic heterocycles. The summed E-state index contributed by atoms with van der Waals surface area (Å²) in [5.41, 5.74) is 0.0807. The molecule has 0 spiro atoms. The monoisotopic (exact) mass is 296 g/mol. The summed E-state index contributed by atoms with van der Waals surface area (Å²) < 4.78 is 7.78. The summed E-state index contributed by atoms with van der Waals surface area (Å²) in [5, 5.41) is 8.86. The average Bonchev–Trinajstić information content (AvgIpc) is 2.64. The van der Waals surface area contributed by atoms with E-state index in [-0.39, 0.29) is 11.7 Å². The van der Waals surface area contributed by atoms with E-state index in [0.717, 1.165) is 4.47 Å². The molecule has 0 amide bonds. The Morgan fingerprint density at radius 2 is 2.06 bits per heavy atom. The molecule has 0 saturated heterocycles. The van der Waals surface area contributed by atoms with Gasteiger partial charge in [-0.1, -0.05) is 15.9 Å². The number of hydrogen-bond acceptors (Lipinski definition) is 3. The molecule has 0 bridgehead atoms. The second kappa shape index (κ2) is 4.58. The molecule has 1 heterocycles. The second-order valence-corrected chi connectivity index (χ2v) is 4.26. The molecule has 0 aliphatic rings. The van der Waals surface area contributed by atoms with Gasteiger partial charge in [-0.25, -0.2) is 9.78 Å². The first-order chi connectivity index (χ1) is 8.08. The number of aromatic carboxylic acids is 1. The topological polar surface area (TPSA) is 64.4 Å². The highest BCUT2D eigenvalue weighted by atomic mass is 79.9. The number of aromatic nitrogens is 2. The lowest BCUT2D eigenvalue weighted by Gasteiger charge is -2.05. The van der Waals surface area contributed by atoms with Crippen LogP contribution in [0.25, 0.3) is 0 Å². The van der Waals surface area contributed by atoms with Crippen molar-refractivity contribution in [3.05, 3.63) is 40.6 Å². The van der Waals surface area contributed by atoms with Gasteiger partial charge in [0.1, 0.15) is 11.4 Å². The standard InChI is InChI=1S/C11H9BrN2O3/c1-14-9(10(15)16)6-13-11(14)17-8-4-2-7(12)3-5-8/h2-6H,1H3,(H,15,16). The van der Waals surface area contributed by atoms with Crippen molar-refractivity contribution >= 4 is 21.9 Å². The molecule has 0 saturated carbocycles. The van der Waals surface area contributed by atoms with Crippen LogP contribution in [0, 0.1) is 0 Å². The van der Waals surface area contributed by atoms with Crippen LogP contribution in [0.5, 0.6) is 11.8 Å². The summed E-state index contributed by atoms with van der Waals surface area (Å²) >= 11 is 3.31. The number of nitrogens with zero attached hydrogens (tertiary/aromatic N) is 2. The van der Waals surface area contributed by atoms with Crippen LogP contribution in [-0.2, 0) is 7.05 Å². The number of rotatable bonds is 3. The van der Waals surface area contributed by atoms with Gasteiger partial charge in [0, 0.05) is 11.5 Å². The quantitative estimate of drug-likeness (QED) is 0.946. The van der Waals surface area contributed by atoms with Gasteiger partial charge in [0.25, 0.3) is 0 Å². The number of ether oxygens (including phenoxy) is 1. The van der Waals surface area contributed by atoms with Gasteiger partial charge in [-0.15, -0.1) is 0 Å². The fourth-order valence-electron chi connectivity index (χ4n) is 1.29. The first-order valence-corrected chi connectivity index (χ1v) is 5.55. The molecule has 2 aromatic rings. The largest absolute Gasteiger partial charge is 0.477 e. The Balaban J connectivity index is 2.24. The summed E-state index contributed by atoms with van der Waals surface area (Å²) in [6, 6.07) is 7.43. The third-order valence-electron chi connectivity index (χ3n) is 2.19. The van der Waals surface area contributed by atoms with Crippen LogP contribution in [0.1, 0.15) is 10.5 Å². The Morgan fingerprint density at radius 3 is 2.59 bits per heavy atom. The van der Waals surface area contributed by atoms with Crippen LogP contribution in [-0.4, -0.2) is 20.6 Å². The minimum absolute atomic E-state index is 0.0807. The van der Waals surface area contributed by atoms with Gasteiger partial charge >= 0.3 is 12.0 Å². The highest BCUT2D eigenvalue weighted by Crippen LogP contribution is 2.22. The Kier molecular flexibility index (Phi) is 3.14. The molecule has 17 heavy (non-hydrogen) atoms. The Hall–Kier alpha value is -1.82. The Morgan fingerprint density at radius 1 is 1.41 bits per heavy atom. The van der Waals surface area contributed by atoms with Gasteiger partial charge in [0.2, 0.25) is 0 Å². The molecular weight excluding hydrogens is 288 g/mol. The molecule has 0 unspecified atom stereocenters. The van der Waals surface area contributed by atoms with E-state index < -0.39 is 5.97 Å². The fraction of sp³-hybridized carbons (Fsp3) is 0.0909. The molecular formula is C11H9BrN2O3. The Bertz CT molecular complexity index is 548. The van der Waals surface area contributed by atoms with Crippen molar-refractivity contribution in [3.8, 4) is 11.8 Å². The zero-order valence-electron chi connectivity index (χ0n) is 8.92. The van der Waals surface area contributed by atoms with Crippen molar-refractivity contribution in [1.82, 2.24) is 9.55 Å². The number of imidazole rings is 1. The predicted octanol–water partition coefficient (Wildman–Crippen LogP) is 2.67. The molecule has 0 radical (unpaired) electrons. The van der Waals surface area contributed by atoms with Crippen LogP contribution >= 0.6 is 15.9 Å². The number of carboxylic acids is 1. The van der Waals surface area contributed by atoms with Crippen LogP contribution in [0.3, 0.4) is 0 Å². The molecule has 0 aliphatic carbocycles. The third-order valence-corrected chi connectivity index (χ3v) is 2.72. The highest BCUT2D eigenvalue weighted by Gasteiger charge is 2.13. The van der Waals surface area contributed by atoms with E-state index in [1.54, 1.807) is 19.2 Å². The third kappa shape index (κ3) is 2.47. The van der Waals surface area contributed by atoms with E-state index in [0.29, 0.717) is 5.75 Å². The zero-order chi connectivity index (χ0) is 12.4. The average molecular weight is 297 g/mol. The Labute approximate surface area is 106 Å². The SMILES string of the molecule is Cn1c(C(=O)O)cnc1Oc1ccc(Br)cc1. The highest BCUT2D eigenvalue weighted by molar-refractivity contribution is 9.10. The van der Waals surface area contributed by atoms with Gasteiger partial charge in [-0.3, -0.25) is 4.57 Å². The number of benzene rings is 1. The van der Waals surface area contributed by atoms with Crippen LogP contribution in [0.15, 0.2) is 34.9 Å². The van der Waals surface area contributed by atoms with E-state index in [2.05, 4.69) is 20.9 Å². The number of carbonyl (C=O) groups is 1. The van der Waals surface area contributed by atoms with Gasteiger partial charge in [0.05, 0.1) is 6.20 Å². The summed E-state index contributed by atoms with van der Waals surface area (Å²) in [4.78, 5) is 14.7. The smallest absolute Gasteiger partial charge is 0.354 e. The first-order valence-electron chi connectivity index (χ1n) is 4.76. The molecule has 2 rings (SSSR count). The minimum atomic E-state index is -1.04. The lowest BCUT2D eigenvalue weighted by molar-refractivity contribution is 0.0685. The van der Waals surface area contributed by atoms with E-state index in [1.807, 2.05) is 12.1 Å². The van der Waals surface area contributed by atoms with Crippen LogP contribution < -0.4 is 4.74 Å². The van der Waals surface area contributed by atoms with Crippen molar-refractivity contribution < 1.29 is 14.6 Å². The first kappa shape index (κ1) is 11.7. The minimum Gasteiger partial charge on any atom is -0.477 e. The lowest BCUT2D eigenvalue weighted by atomic mass is 10.3. The lowest BCUT2D eigenvalue weighted by Crippen LogP contribution is -2.05. The van der Waals surface area contributed by atoms with Crippen molar-refractivity contribution in [2.45, 2.75) is 0 Å². The molecule has 88 valence electrons. The summed E-state index contributed by atoms with van der Waals surface area (Å²) in [6.45, 7) is 0. The van der Waals surface area contributed by atoms with Gasteiger partial charge in [-0.2, -0.15) is 0 Å². The van der Waals surface area contributed by atoms with Gasteiger partial charge in [-0.05, 0) is 24.3 Å². The van der Waals surface area contributed by atoms with Crippen molar-refractivity contribution in [2.24, 2.45) is 7.05 Å². The second-order valence-electron chi connectivity index (χ2n) is 3.35. The zero-order valence-corrected chi connectivity index (χ0v) is 10.5. The van der Waals surface area contributed by atoms with Crippen molar-refractivity contribution in [1.29, 1.82) is 0 Å². The molecule has 0 aliphatic heterocycles. The normalized spacial score (nSPS) is 10.2.